The van der Waals surface area contributed by atoms with E-state index >= 15 is 0 Å². The standard InChI is InChI=1S/C20H28N4/c1-15(13-20(2,3)17-10-5-4-6-11-17)22-24-19-18-12-8-7-9-16(18)14-21-23-19/h7-9,12,14-15,17H,4-6,10-11,13H2,1-3H3. The molecule has 4 heteroatoms. The zero-order chi connectivity index (χ0) is 17.0. The molecule has 1 unspecified atom stereocenters. The van der Waals surface area contributed by atoms with Gasteiger partial charge in [0.25, 0.3) is 0 Å². The second-order valence-electron chi connectivity index (χ2n) is 7.85. The first-order valence-electron chi connectivity index (χ1n) is 9.17. The molecule has 1 saturated carbocycles. The van der Waals surface area contributed by atoms with Crippen LogP contribution in [-0.2, 0) is 0 Å². The molecule has 1 aromatic carbocycles. The summed E-state index contributed by atoms with van der Waals surface area (Å²) in [5, 5.41) is 19.2. The van der Waals surface area contributed by atoms with E-state index in [1.165, 1.54) is 32.1 Å². The van der Waals surface area contributed by atoms with Gasteiger partial charge in [0.05, 0.1) is 12.2 Å². The number of nitrogens with zero attached hydrogens (tertiary/aromatic N) is 4. The summed E-state index contributed by atoms with van der Waals surface area (Å²) >= 11 is 0. The van der Waals surface area contributed by atoms with Crippen molar-refractivity contribution in [2.45, 2.75) is 65.3 Å². The van der Waals surface area contributed by atoms with Crippen LogP contribution in [0.25, 0.3) is 10.8 Å². The number of hydrogen-bond acceptors (Lipinski definition) is 4. The number of aromatic nitrogens is 2. The normalized spacial score (nSPS) is 18.3. The molecule has 0 bridgehead atoms. The first-order valence-corrected chi connectivity index (χ1v) is 9.17. The van der Waals surface area contributed by atoms with Crippen molar-refractivity contribution in [2.75, 3.05) is 0 Å². The Morgan fingerprint density at radius 3 is 2.71 bits per heavy atom. The van der Waals surface area contributed by atoms with Gasteiger partial charge in [-0.2, -0.15) is 10.2 Å². The van der Waals surface area contributed by atoms with Crippen molar-refractivity contribution < 1.29 is 0 Å². The van der Waals surface area contributed by atoms with Crippen LogP contribution in [0.3, 0.4) is 0 Å². The van der Waals surface area contributed by atoms with Gasteiger partial charge in [0.2, 0.25) is 5.82 Å². The Morgan fingerprint density at radius 2 is 1.92 bits per heavy atom. The summed E-state index contributed by atoms with van der Waals surface area (Å²) < 4.78 is 0. The maximum atomic E-state index is 4.55. The van der Waals surface area contributed by atoms with Crippen LogP contribution in [0.5, 0.6) is 0 Å². The monoisotopic (exact) mass is 324 g/mol. The minimum atomic E-state index is 0.197. The van der Waals surface area contributed by atoms with Gasteiger partial charge >= 0.3 is 0 Å². The minimum Gasteiger partial charge on any atom is -0.184 e. The maximum Gasteiger partial charge on any atom is 0.203 e. The van der Waals surface area contributed by atoms with Gasteiger partial charge in [0, 0.05) is 10.8 Å². The molecule has 0 N–H and O–H groups in total. The molecule has 0 spiro atoms. The smallest absolute Gasteiger partial charge is 0.184 e. The highest BCUT2D eigenvalue weighted by molar-refractivity contribution is 5.89. The Hall–Kier alpha value is -1.84. The zero-order valence-corrected chi connectivity index (χ0v) is 15.1. The Labute approximate surface area is 144 Å². The predicted octanol–water partition coefficient (Wildman–Crippen LogP) is 6.10. The molecule has 1 heterocycles. The third-order valence-electron chi connectivity index (χ3n) is 5.43. The molecule has 24 heavy (non-hydrogen) atoms. The highest BCUT2D eigenvalue weighted by atomic mass is 15.2. The third kappa shape index (κ3) is 3.97. The summed E-state index contributed by atoms with van der Waals surface area (Å²) in [6.45, 7) is 6.95. The lowest BCUT2D eigenvalue weighted by Crippen LogP contribution is -2.29. The molecule has 1 atom stereocenters. The Kier molecular flexibility index (Phi) is 5.22. The summed E-state index contributed by atoms with van der Waals surface area (Å²) in [6.07, 6.45) is 9.74. The number of rotatable bonds is 5. The number of benzene rings is 1. The summed E-state index contributed by atoms with van der Waals surface area (Å²) in [6, 6.07) is 8.25. The van der Waals surface area contributed by atoms with E-state index in [2.05, 4.69) is 41.2 Å². The van der Waals surface area contributed by atoms with E-state index in [4.69, 9.17) is 0 Å². The Morgan fingerprint density at radius 1 is 1.17 bits per heavy atom. The van der Waals surface area contributed by atoms with Crippen LogP contribution in [0.1, 0.15) is 59.3 Å². The number of hydrogen-bond donors (Lipinski definition) is 0. The van der Waals surface area contributed by atoms with E-state index in [0.717, 1.165) is 23.1 Å². The summed E-state index contributed by atoms with van der Waals surface area (Å²) in [5.41, 5.74) is 0.323. The van der Waals surface area contributed by atoms with Crippen molar-refractivity contribution in [1.82, 2.24) is 10.2 Å². The first-order chi connectivity index (χ1) is 11.6. The average Bonchev–Trinajstić information content (AvgIpc) is 2.60. The molecule has 0 amide bonds. The SMILES string of the molecule is CC(CC(C)(C)C1CCCCC1)N=Nc1nncc2ccccc12. The second kappa shape index (κ2) is 7.37. The van der Waals surface area contributed by atoms with Crippen LogP contribution in [0.4, 0.5) is 5.82 Å². The van der Waals surface area contributed by atoms with Crippen LogP contribution in [0, 0.1) is 11.3 Å². The molecule has 4 nitrogen and oxygen atoms in total. The zero-order valence-electron chi connectivity index (χ0n) is 15.1. The van der Waals surface area contributed by atoms with Crippen LogP contribution in [0.2, 0.25) is 0 Å². The van der Waals surface area contributed by atoms with Gasteiger partial charge in [-0.25, -0.2) is 0 Å². The molecular weight excluding hydrogens is 296 g/mol. The van der Waals surface area contributed by atoms with Gasteiger partial charge in [0.1, 0.15) is 0 Å². The average molecular weight is 324 g/mol. The number of fused-ring (bicyclic) bond motifs is 1. The van der Waals surface area contributed by atoms with E-state index in [0.29, 0.717) is 11.2 Å². The fourth-order valence-corrected chi connectivity index (χ4v) is 4.09. The van der Waals surface area contributed by atoms with E-state index < -0.39 is 0 Å². The molecule has 1 aliphatic carbocycles. The van der Waals surface area contributed by atoms with Crippen molar-refractivity contribution in [1.29, 1.82) is 0 Å². The van der Waals surface area contributed by atoms with Crippen molar-refractivity contribution in [2.24, 2.45) is 21.6 Å². The quantitative estimate of drug-likeness (QED) is 0.624. The van der Waals surface area contributed by atoms with Crippen molar-refractivity contribution >= 4 is 16.6 Å². The van der Waals surface area contributed by atoms with Crippen molar-refractivity contribution in [3.63, 3.8) is 0 Å². The van der Waals surface area contributed by atoms with Gasteiger partial charge in [-0.15, -0.1) is 10.2 Å². The lowest BCUT2D eigenvalue weighted by molar-refractivity contribution is 0.138. The molecule has 0 saturated heterocycles. The summed E-state index contributed by atoms with van der Waals surface area (Å²) in [4.78, 5) is 0. The molecule has 1 fully saturated rings. The van der Waals surface area contributed by atoms with Crippen molar-refractivity contribution in [3.05, 3.63) is 30.5 Å². The fourth-order valence-electron chi connectivity index (χ4n) is 4.09. The fraction of sp³-hybridized carbons (Fsp3) is 0.600. The lowest BCUT2D eigenvalue weighted by atomic mass is 9.68. The molecule has 3 rings (SSSR count). The molecule has 1 aliphatic rings. The highest BCUT2D eigenvalue weighted by Crippen LogP contribution is 2.41. The number of azo groups is 1. The Bertz CT molecular complexity index is 696. The van der Waals surface area contributed by atoms with Gasteiger partial charge in [-0.1, -0.05) is 57.4 Å². The topological polar surface area (TPSA) is 50.5 Å². The molecule has 1 aromatic heterocycles. The second-order valence-corrected chi connectivity index (χ2v) is 7.85. The van der Waals surface area contributed by atoms with Gasteiger partial charge in [0.15, 0.2) is 0 Å². The van der Waals surface area contributed by atoms with Crippen LogP contribution >= 0.6 is 0 Å². The first kappa shape index (κ1) is 17.0. The van der Waals surface area contributed by atoms with Gasteiger partial charge in [-0.3, -0.25) is 0 Å². The van der Waals surface area contributed by atoms with E-state index in [1.807, 2.05) is 24.3 Å². The summed E-state index contributed by atoms with van der Waals surface area (Å²) in [7, 11) is 0. The van der Waals surface area contributed by atoms with Crippen molar-refractivity contribution in [3.8, 4) is 0 Å². The van der Waals surface area contributed by atoms with E-state index in [-0.39, 0.29) is 6.04 Å². The van der Waals surface area contributed by atoms with Crippen LogP contribution in [-0.4, -0.2) is 16.2 Å². The molecule has 0 aliphatic heterocycles. The molecule has 2 aromatic rings. The Balaban J connectivity index is 1.69. The molecule has 0 radical (unpaired) electrons. The molecule has 128 valence electrons. The van der Waals surface area contributed by atoms with Crippen LogP contribution in [0.15, 0.2) is 40.7 Å². The van der Waals surface area contributed by atoms with Crippen LogP contribution < -0.4 is 0 Å². The predicted molar refractivity (Wildman–Crippen MR) is 98.5 cm³/mol. The van der Waals surface area contributed by atoms with Gasteiger partial charge < -0.3 is 0 Å². The van der Waals surface area contributed by atoms with E-state index in [1.54, 1.807) is 6.20 Å². The third-order valence-corrected chi connectivity index (χ3v) is 5.43. The van der Waals surface area contributed by atoms with E-state index in [9.17, 15) is 0 Å². The summed E-state index contributed by atoms with van der Waals surface area (Å²) in [5.74, 6) is 1.44. The van der Waals surface area contributed by atoms with Gasteiger partial charge in [-0.05, 0) is 37.5 Å². The lowest BCUT2D eigenvalue weighted by Gasteiger charge is -2.38. The largest absolute Gasteiger partial charge is 0.203 e. The minimum absolute atomic E-state index is 0.197. The highest BCUT2D eigenvalue weighted by Gasteiger charge is 2.31. The maximum absolute atomic E-state index is 4.55. The molecular formula is C20H28N4.